The number of anilines is 1. The number of hydrogen-bond acceptors (Lipinski definition) is 5. The normalized spacial score (nSPS) is 17.9. The lowest BCUT2D eigenvalue weighted by molar-refractivity contribution is -0.132. The molecule has 1 aromatic heterocycles. The third kappa shape index (κ3) is 3.98. The highest BCUT2D eigenvalue weighted by Gasteiger charge is 2.48. The summed E-state index contributed by atoms with van der Waals surface area (Å²) in [5, 5.41) is 11.5. The van der Waals surface area contributed by atoms with Gasteiger partial charge >= 0.3 is 0 Å². The molecule has 1 fully saturated rings. The Morgan fingerprint density at radius 3 is 2.41 bits per heavy atom. The maximum Gasteiger partial charge on any atom is 0.300 e. The van der Waals surface area contributed by atoms with Crippen LogP contribution in [0.3, 0.4) is 0 Å². The van der Waals surface area contributed by atoms with Crippen LogP contribution in [0.5, 0.6) is 5.75 Å². The summed E-state index contributed by atoms with van der Waals surface area (Å²) in [6.07, 6.45) is 0. The van der Waals surface area contributed by atoms with Gasteiger partial charge < -0.3 is 14.3 Å². The first-order valence-corrected chi connectivity index (χ1v) is 10.8. The Morgan fingerprint density at radius 1 is 1.09 bits per heavy atom. The summed E-state index contributed by atoms with van der Waals surface area (Å²) >= 11 is 0. The van der Waals surface area contributed by atoms with Gasteiger partial charge in [0.15, 0.2) is 0 Å². The standard InChI is InChI=1S/C27H26FNO5/c1-15-9-11-21(34-15)23-22(25(31)26(32)29(23)18-8-6-7-17(28)14-18)24(30)19-13-16(27(2,3)4)10-12-20(19)33-5/h6-14,23,30H,1-5H3/b24-22+. The second-order valence-corrected chi connectivity index (χ2v) is 9.26. The highest BCUT2D eigenvalue weighted by molar-refractivity contribution is 6.51. The molecule has 6 nitrogen and oxygen atoms in total. The molecule has 0 saturated carbocycles. The summed E-state index contributed by atoms with van der Waals surface area (Å²) in [4.78, 5) is 27.6. The SMILES string of the molecule is COc1ccc(C(C)(C)C)cc1/C(O)=C1\C(=O)C(=O)N(c2cccc(F)c2)C1c1ccc(C)o1. The van der Waals surface area contributed by atoms with E-state index in [1.165, 1.54) is 25.3 Å². The van der Waals surface area contributed by atoms with E-state index >= 15 is 0 Å². The van der Waals surface area contributed by atoms with Crippen molar-refractivity contribution in [2.45, 2.75) is 39.2 Å². The van der Waals surface area contributed by atoms with Gasteiger partial charge in [-0.1, -0.05) is 32.9 Å². The maximum absolute atomic E-state index is 14.0. The number of aliphatic hydroxyl groups excluding tert-OH is 1. The number of amides is 1. The van der Waals surface area contributed by atoms with E-state index in [1.54, 1.807) is 31.2 Å². The van der Waals surface area contributed by atoms with E-state index in [1.807, 2.05) is 26.8 Å². The number of methoxy groups -OCH3 is 1. The Labute approximate surface area is 197 Å². The van der Waals surface area contributed by atoms with Crippen LogP contribution in [0.15, 0.2) is 64.6 Å². The molecule has 0 spiro atoms. The number of Topliss-reactive ketones (excluding diaryl/α,β-unsaturated/α-hetero) is 1. The largest absolute Gasteiger partial charge is 0.507 e. The molecule has 2 aromatic carbocycles. The van der Waals surface area contributed by atoms with Crippen LogP contribution in [0.2, 0.25) is 0 Å². The molecule has 1 aliphatic rings. The van der Waals surface area contributed by atoms with Gasteiger partial charge in [0.05, 0.1) is 18.2 Å². The number of rotatable bonds is 4. The molecule has 34 heavy (non-hydrogen) atoms. The summed E-state index contributed by atoms with van der Waals surface area (Å²) in [6.45, 7) is 7.79. The van der Waals surface area contributed by atoms with Gasteiger partial charge in [-0.15, -0.1) is 0 Å². The average molecular weight is 464 g/mol. The molecule has 3 aromatic rings. The number of nitrogens with zero attached hydrogens (tertiary/aromatic N) is 1. The highest BCUT2D eigenvalue weighted by Crippen LogP contribution is 2.44. The zero-order valence-electron chi connectivity index (χ0n) is 19.7. The lowest BCUT2D eigenvalue weighted by Gasteiger charge is -2.24. The number of ether oxygens (including phenoxy) is 1. The van der Waals surface area contributed by atoms with Crippen molar-refractivity contribution in [2.24, 2.45) is 0 Å². The highest BCUT2D eigenvalue weighted by atomic mass is 19.1. The average Bonchev–Trinajstić information content (AvgIpc) is 3.33. The first kappa shape index (κ1) is 23.3. The van der Waals surface area contributed by atoms with Crippen molar-refractivity contribution in [1.29, 1.82) is 0 Å². The monoisotopic (exact) mass is 463 g/mol. The van der Waals surface area contributed by atoms with E-state index in [9.17, 15) is 19.1 Å². The number of ketones is 1. The molecule has 1 atom stereocenters. The molecule has 0 radical (unpaired) electrons. The Bertz CT molecular complexity index is 1310. The number of aryl methyl sites for hydroxylation is 1. The topological polar surface area (TPSA) is 80.0 Å². The van der Waals surface area contributed by atoms with Crippen LogP contribution < -0.4 is 9.64 Å². The second-order valence-electron chi connectivity index (χ2n) is 9.26. The number of halogens is 1. The van der Waals surface area contributed by atoms with Crippen molar-refractivity contribution >= 4 is 23.1 Å². The molecule has 4 rings (SSSR count). The molecule has 1 N–H and O–H groups in total. The van der Waals surface area contributed by atoms with Gasteiger partial charge in [0.1, 0.15) is 34.9 Å². The Balaban J connectivity index is 1.99. The summed E-state index contributed by atoms with van der Waals surface area (Å²) in [7, 11) is 1.46. The predicted molar refractivity (Wildman–Crippen MR) is 126 cm³/mol. The number of carbonyl (C=O) groups is 2. The Morgan fingerprint density at radius 2 is 1.82 bits per heavy atom. The minimum atomic E-state index is -1.08. The Kier molecular flexibility index (Phi) is 5.81. The van der Waals surface area contributed by atoms with Crippen molar-refractivity contribution in [2.75, 3.05) is 12.0 Å². The first-order valence-electron chi connectivity index (χ1n) is 10.8. The van der Waals surface area contributed by atoms with Crippen molar-refractivity contribution in [3.05, 3.63) is 88.6 Å². The van der Waals surface area contributed by atoms with Crippen molar-refractivity contribution < 1.29 is 28.2 Å². The van der Waals surface area contributed by atoms with Gasteiger partial charge in [-0.05, 0) is 60.4 Å². The molecular weight excluding hydrogens is 437 g/mol. The number of carbonyl (C=O) groups excluding carboxylic acids is 2. The van der Waals surface area contributed by atoms with Gasteiger partial charge in [0.25, 0.3) is 11.7 Å². The molecule has 176 valence electrons. The van der Waals surface area contributed by atoms with Crippen LogP contribution in [0, 0.1) is 12.7 Å². The lowest BCUT2D eigenvalue weighted by Crippen LogP contribution is -2.29. The summed E-state index contributed by atoms with van der Waals surface area (Å²) in [5.74, 6) is -1.56. The van der Waals surface area contributed by atoms with E-state index in [4.69, 9.17) is 9.15 Å². The summed E-state index contributed by atoms with van der Waals surface area (Å²) in [6, 6.07) is 13.0. The second kappa shape index (κ2) is 8.48. The van der Waals surface area contributed by atoms with Crippen molar-refractivity contribution in [3.63, 3.8) is 0 Å². The van der Waals surface area contributed by atoms with Gasteiger partial charge in [-0.2, -0.15) is 0 Å². The number of hydrogen-bond donors (Lipinski definition) is 1. The van der Waals surface area contributed by atoms with Gasteiger partial charge in [-0.3, -0.25) is 14.5 Å². The Hall–Kier alpha value is -3.87. The molecule has 1 unspecified atom stereocenters. The van der Waals surface area contributed by atoms with Crippen LogP contribution in [-0.2, 0) is 15.0 Å². The fourth-order valence-corrected chi connectivity index (χ4v) is 4.10. The molecule has 7 heteroatoms. The summed E-state index contributed by atoms with van der Waals surface area (Å²) < 4.78 is 25.3. The van der Waals surface area contributed by atoms with Crippen molar-refractivity contribution in [1.82, 2.24) is 0 Å². The van der Waals surface area contributed by atoms with E-state index in [0.29, 0.717) is 11.5 Å². The van der Waals surface area contributed by atoms with Crippen LogP contribution >= 0.6 is 0 Å². The van der Waals surface area contributed by atoms with Crippen LogP contribution in [0.25, 0.3) is 5.76 Å². The quantitative estimate of drug-likeness (QED) is 0.307. The smallest absolute Gasteiger partial charge is 0.300 e. The van der Waals surface area contributed by atoms with Crippen LogP contribution in [0.4, 0.5) is 10.1 Å². The minimum Gasteiger partial charge on any atom is -0.507 e. The summed E-state index contributed by atoms with van der Waals surface area (Å²) in [5.41, 5.74) is 0.954. The first-order chi connectivity index (χ1) is 16.0. The molecule has 1 aliphatic heterocycles. The third-order valence-corrected chi connectivity index (χ3v) is 5.88. The van der Waals surface area contributed by atoms with E-state index in [2.05, 4.69) is 0 Å². The fraction of sp³-hybridized carbons (Fsp3) is 0.259. The van der Waals surface area contributed by atoms with Crippen LogP contribution in [-0.4, -0.2) is 23.9 Å². The van der Waals surface area contributed by atoms with E-state index in [0.717, 1.165) is 16.5 Å². The molecule has 2 heterocycles. The minimum absolute atomic E-state index is 0.159. The van der Waals surface area contributed by atoms with Gasteiger partial charge in [0, 0.05) is 5.69 Å². The zero-order valence-corrected chi connectivity index (χ0v) is 19.7. The molecule has 1 amide bonds. The van der Waals surface area contributed by atoms with Gasteiger partial charge in [-0.25, -0.2) is 4.39 Å². The van der Waals surface area contributed by atoms with Crippen LogP contribution in [0.1, 0.15) is 49.5 Å². The molecule has 1 saturated heterocycles. The molecular formula is C27H26FNO5. The van der Waals surface area contributed by atoms with E-state index < -0.39 is 23.5 Å². The molecule has 0 aliphatic carbocycles. The predicted octanol–water partition coefficient (Wildman–Crippen LogP) is 5.66. The fourth-order valence-electron chi connectivity index (χ4n) is 4.10. The third-order valence-electron chi connectivity index (χ3n) is 5.88. The van der Waals surface area contributed by atoms with Crippen molar-refractivity contribution in [3.8, 4) is 5.75 Å². The number of aliphatic hydroxyl groups is 1. The molecule has 0 bridgehead atoms. The number of furan rings is 1. The maximum atomic E-state index is 14.0. The number of benzene rings is 2. The van der Waals surface area contributed by atoms with Gasteiger partial charge in [0.2, 0.25) is 0 Å². The lowest BCUT2D eigenvalue weighted by atomic mass is 9.85. The van der Waals surface area contributed by atoms with E-state index in [-0.39, 0.29) is 33.8 Å². The zero-order chi connectivity index (χ0) is 24.8.